The van der Waals surface area contributed by atoms with Gasteiger partial charge < -0.3 is 10.1 Å². The van der Waals surface area contributed by atoms with Gasteiger partial charge in [0.15, 0.2) is 0 Å². The van der Waals surface area contributed by atoms with Crippen LogP contribution in [0.1, 0.15) is 24.7 Å². The highest BCUT2D eigenvalue weighted by Crippen LogP contribution is 2.19. The second kappa shape index (κ2) is 7.88. The highest BCUT2D eigenvalue weighted by atomic mass is 32.2. The van der Waals surface area contributed by atoms with Gasteiger partial charge in [-0.3, -0.25) is 4.68 Å². The number of rotatable bonds is 9. The van der Waals surface area contributed by atoms with Crippen LogP contribution in [0, 0.1) is 13.8 Å². The Kier molecular flexibility index (Phi) is 6.79. The van der Waals surface area contributed by atoms with Crippen LogP contribution in [-0.4, -0.2) is 51.5 Å². The van der Waals surface area contributed by atoms with Crippen LogP contribution in [-0.2, 0) is 21.3 Å². The predicted molar refractivity (Wildman–Crippen MR) is 81.9 cm³/mol. The van der Waals surface area contributed by atoms with E-state index in [9.17, 15) is 8.42 Å². The van der Waals surface area contributed by atoms with Gasteiger partial charge in [0.05, 0.1) is 17.5 Å². The molecule has 1 unspecified atom stereocenters. The molecule has 1 atom stereocenters. The molecular formula is C13H26N4O3S. The summed E-state index contributed by atoms with van der Waals surface area (Å²) >= 11 is 0. The van der Waals surface area contributed by atoms with Crippen molar-refractivity contribution in [3.63, 3.8) is 0 Å². The molecule has 0 saturated carbocycles. The molecule has 1 heterocycles. The van der Waals surface area contributed by atoms with Crippen LogP contribution in [0.15, 0.2) is 4.90 Å². The quantitative estimate of drug-likeness (QED) is 0.645. The van der Waals surface area contributed by atoms with Crippen LogP contribution < -0.4 is 10.0 Å². The van der Waals surface area contributed by atoms with Gasteiger partial charge in [0, 0.05) is 20.2 Å². The van der Waals surface area contributed by atoms with E-state index in [2.05, 4.69) is 15.1 Å². The maximum atomic E-state index is 12.4. The number of nitrogens with one attached hydrogen (secondary N) is 2. The Hall–Kier alpha value is -0.960. The van der Waals surface area contributed by atoms with Gasteiger partial charge >= 0.3 is 0 Å². The first kappa shape index (κ1) is 18.1. The molecule has 122 valence electrons. The Labute approximate surface area is 127 Å². The standard InChI is InChI=1S/C13H26N4O3S/c1-10(20-5)9-15-21(18,19)13-11(2)16-17(12(13)3)8-6-7-14-4/h10,14-15H,6-9H2,1-5H3. The zero-order chi connectivity index (χ0) is 16.0. The first-order valence-corrected chi connectivity index (χ1v) is 8.52. The fourth-order valence-corrected chi connectivity index (χ4v) is 3.60. The van der Waals surface area contributed by atoms with Gasteiger partial charge in [-0.05, 0) is 40.8 Å². The fourth-order valence-electron chi connectivity index (χ4n) is 2.08. The van der Waals surface area contributed by atoms with Gasteiger partial charge in [-0.25, -0.2) is 13.1 Å². The monoisotopic (exact) mass is 318 g/mol. The molecule has 0 amide bonds. The molecule has 1 aromatic rings. The fraction of sp³-hybridized carbons (Fsp3) is 0.769. The van der Waals surface area contributed by atoms with E-state index >= 15 is 0 Å². The normalized spacial score (nSPS) is 13.6. The van der Waals surface area contributed by atoms with Gasteiger partial charge in [-0.2, -0.15) is 5.10 Å². The molecule has 8 heteroatoms. The maximum Gasteiger partial charge on any atom is 0.244 e. The number of hydrogen-bond acceptors (Lipinski definition) is 5. The molecule has 1 aromatic heterocycles. The van der Waals surface area contributed by atoms with Crippen molar-refractivity contribution in [2.75, 3.05) is 27.2 Å². The Balaban J connectivity index is 2.91. The molecule has 0 aliphatic heterocycles. The Morgan fingerprint density at radius 1 is 1.38 bits per heavy atom. The molecule has 0 bridgehead atoms. The second-order valence-corrected chi connectivity index (χ2v) is 6.78. The van der Waals surface area contributed by atoms with Crippen LogP contribution in [0.25, 0.3) is 0 Å². The molecule has 0 spiro atoms. The number of nitrogens with zero attached hydrogens (tertiary/aromatic N) is 2. The Morgan fingerprint density at radius 3 is 2.62 bits per heavy atom. The SMILES string of the molecule is CNCCCn1nc(C)c(S(=O)(=O)NCC(C)OC)c1C. The highest BCUT2D eigenvalue weighted by molar-refractivity contribution is 7.89. The lowest BCUT2D eigenvalue weighted by atomic mass is 10.4. The van der Waals surface area contributed by atoms with Gasteiger partial charge in [0.2, 0.25) is 10.0 Å². The van der Waals surface area contributed by atoms with Crippen LogP contribution in [0.3, 0.4) is 0 Å². The van der Waals surface area contributed by atoms with E-state index in [0.29, 0.717) is 17.9 Å². The summed E-state index contributed by atoms with van der Waals surface area (Å²) in [6.45, 7) is 7.11. The predicted octanol–water partition coefficient (Wildman–Crippen LogP) is 0.423. The van der Waals surface area contributed by atoms with Gasteiger partial charge in [0.1, 0.15) is 4.90 Å². The lowest BCUT2D eigenvalue weighted by Crippen LogP contribution is -2.32. The molecule has 21 heavy (non-hydrogen) atoms. The average Bonchev–Trinajstić information content (AvgIpc) is 2.72. The van der Waals surface area contributed by atoms with Crippen LogP contribution in [0.4, 0.5) is 0 Å². The Morgan fingerprint density at radius 2 is 2.05 bits per heavy atom. The lowest BCUT2D eigenvalue weighted by Gasteiger charge is -2.11. The van der Waals surface area contributed by atoms with Crippen molar-refractivity contribution in [3.05, 3.63) is 11.4 Å². The molecule has 0 radical (unpaired) electrons. The number of methoxy groups -OCH3 is 1. The summed E-state index contributed by atoms with van der Waals surface area (Å²) in [6.07, 6.45) is 0.720. The third-order valence-corrected chi connectivity index (χ3v) is 5.02. The van der Waals surface area contributed by atoms with Crippen molar-refractivity contribution < 1.29 is 13.2 Å². The number of aromatic nitrogens is 2. The molecular weight excluding hydrogens is 292 g/mol. The van der Waals surface area contributed by atoms with E-state index in [0.717, 1.165) is 13.0 Å². The maximum absolute atomic E-state index is 12.4. The first-order chi connectivity index (χ1) is 9.83. The van der Waals surface area contributed by atoms with E-state index in [1.807, 2.05) is 14.0 Å². The summed E-state index contributed by atoms with van der Waals surface area (Å²) in [5.74, 6) is 0. The summed E-state index contributed by atoms with van der Waals surface area (Å²) in [4.78, 5) is 0.273. The molecule has 0 fully saturated rings. The van der Waals surface area contributed by atoms with Crippen LogP contribution in [0.2, 0.25) is 0 Å². The molecule has 1 rings (SSSR count). The minimum absolute atomic E-state index is 0.175. The second-order valence-electron chi connectivity index (χ2n) is 5.08. The van der Waals surface area contributed by atoms with Crippen molar-refractivity contribution in [2.45, 2.75) is 44.7 Å². The zero-order valence-electron chi connectivity index (χ0n) is 13.4. The van der Waals surface area contributed by atoms with Crippen LogP contribution in [0.5, 0.6) is 0 Å². The third kappa shape index (κ3) is 4.77. The molecule has 2 N–H and O–H groups in total. The van der Waals surface area contributed by atoms with Crippen molar-refractivity contribution >= 4 is 10.0 Å². The number of hydrogen-bond donors (Lipinski definition) is 2. The molecule has 0 saturated heterocycles. The van der Waals surface area contributed by atoms with E-state index in [1.165, 1.54) is 0 Å². The summed E-state index contributed by atoms with van der Waals surface area (Å²) in [5, 5.41) is 7.40. The molecule has 7 nitrogen and oxygen atoms in total. The highest BCUT2D eigenvalue weighted by Gasteiger charge is 2.24. The number of sulfonamides is 1. The van der Waals surface area contributed by atoms with Crippen molar-refractivity contribution in [1.29, 1.82) is 0 Å². The van der Waals surface area contributed by atoms with E-state index in [4.69, 9.17) is 4.74 Å². The van der Waals surface area contributed by atoms with E-state index < -0.39 is 10.0 Å². The third-order valence-electron chi connectivity index (χ3n) is 3.34. The summed E-state index contributed by atoms with van der Waals surface area (Å²) in [6, 6.07) is 0. The summed E-state index contributed by atoms with van der Waals surface area (Å²) < 4.78 is 34.2. The van der Waals surface area contributed by atoms with Crippen molar-refractivity contribution in [1.82, 2.24) is 19.8 Å². The van der Waals surface area contributed by atoms with Crippen molar-refractivity contribution in [3.8, 4) is 0 Å². The van der Waals surface area contributed by atoms with E-state index in [1.54, 1.807) is 25.6 Å². The minimum Gasteiger partial charge on any atom is -0.380 e. The van der Waals surface area contributed by atoms with Gasteiger partial charge in [-0.1, -0.05) is 0 Å². The zero-order valence-corrected chi connectivity index (χ0v) is 14.2. The largest absolute Gasteiger partial charge is 0.380 e. The summed E-state index contributed by atoms with van der Waals surface area (Å²) in [5.41, 5.74) is 1.19. The smallest absolute Gasteiger partial charge is 0.244 e. The number of ether oxygens (including phenoxy) is 1. The first-order valence-electron chi connectivity index (χ1n) is 7.04. The molecule has 0 aromatic carbocycles. The topological polar surface area (TPSA) is 85.2 Å². The number of aryl methyl sites for hydroxylation is 2. The van der Waals surface area contributed by atoms with Crippen molar-refractivity contribution in [2.24, 2.45) is 0 Å². The van der Waals surface area contributed by atoms with Gasteiger partial charge in [0.25, 0.3) is 0 Å². The summed E-state index contributed by atoms with van der Waals surface area (Å²) in [7, 11) is -0.128. The van der Waals surface area contributed by atoms with Crippen LogP contribution >= 0.6 is 0 Å². The Bertz CT molecular complexity index is 554. The van der Waals surface area contributed by atoms with E-state index in [-0.39, 0.29) is 17.5 Å². The average molecular weight is 318 g/mol. The molecule has 0 aliphatic rings. The molecule has 0 aliphatic carbocycles. The van der Waals surface area contributed by atoms with Gasteiger partial charge in [-0.15, -0.1) is 0 Å². The minimum atomic E-state index is -3.57. The lowest BCUT2D eigenvalue weighted by molar-refractivity contribution is 0.122.